The number of carbonyl (C=O) groups is 1. The van der Waals surface area contributed by atoms with Gasteiger partial charge in [0.2, 0.25) is 11.8 Å². The molecule has 1 aromatic heterocycles. The number of hydrogen-bond donors (Lipinski definition) is 1. The van der Waals surface area contributed by atoms with Gasteiger partial charge in [-0.25, -0.2) is 4.79 Å². The lowest BCUT2D eigenvalue weighted by molar-refractivity contribution is -0.137. The van der Waals surface area contributed by atoms with E-state index in [0.29, 0.717) is 12.0 Å². The average Bonchev–Trinajstić information content (AvgIpc) is 3.31. The molecule has 1 aliphatic rings. The first-order valence-electron chi connectivity index (χ1n) is 8.41. The number of amides is 1. The van der Waals surface area contributed by atoms with Crippen LogP contribution in [0, 0.1) is 0 Å². The van der Waals surface area contributed by atoms with E-state index in [9.17, 15) is 18.0 Å². The number of nitrogens with zero attached hydrogens (tertiary/aromatic N) is 2. The smallest absolute Gasteiger partial charge is 0.416 e. The number of cyclic esters (lactones) is 1. The van der Waals surface area contributed by atoms with Crippen LogP contribution in [0.15, 0.2) is 52.9 Å². The Morgan fingerprint density at radius 1 is 1.07 bits per heavy atom. The van der Waals surface area contributed by atoms with Gasteiger partial charge in [0, 0.05) is 5.56 Å². The Balaban J connectivity index is 1.58. The highest BCUT2D eigenvalue weighted by atomic mass is 19.4. The molecule has 3 aromatic rings. The second-order valence-electron chi connectivity index (χ2n) is 6.27. The summed E-state index contributed by atoms with van der Waals surface area (Å²) in [6.45, 7) is 0.105. The minimum Gasteiger partial charge on any atom is -0.447 e. The first-order chi connectivity index (χ1) is 13.4. The molecule has 0 radical (unpaired) electrons. The van der Waals surface area contributed by atoms with E-state index in [1.807, 2.05) is 12.1 Å². The number of halogens is 3. The normalized spacial score (nSPS) is 16.7. The van der Waals surface area contributed by atoms with Gasteiger partial charge in [0.25, 0.3) is 0 Å². The number of nitrogens with one attached hydrogen (secondary N) is 1. The van der Waals surface area contributed by atoms with Crippen molar-refractivity contribution in [2.24, 2.45) is 0 Å². The van der Waals surface area contributed by atoms with Crippen molar-refractivity contribution < 1.29 is 27.1 Å². The molecule has 9 heteroatoms. The average molecular weight is 389 g/mol. The molecule has 0 spiro atoms. The minimum atomic E-state index is -4.37. The fraction of sp³-hybridized carbons (Fsp3) is 0.211. The summed E-state index contributed by atoms with van der Waals surface area (Å²) in [6.07, 6.45) is -4.52. The lowest BCUT2D eigenvalue weighted by Crippen LogP contribution is -2.18. The van der Waals surface area contributed by atoms with Gasteiger partial charge >= 0.3 is 12.3 Å². The standard InChI is InChI=1S/C19H14F3N3O3/c20-19(21,22)13-7-5-11(6-8-13)9-12-3-1-2-4-14(12)16-24-25-17(28-16)15-10-27-18(26)23-15/h1-8,15H,9-10H2,(H,23,26). The van der Waals surface area contributed by atoms with E-state index in [2.05, 4.69) is 15.5 Å². The molecule has 1 saturated heterocycles. The maximum absolute atomic E-state index is 12.7. The van der Waals surface area contributed by atoms with Gasteiger partial charge in [0.15, 0.2) is 0 Å². The van der Waals surface area contributed by atoms with Crippen LogP contribution in [0.25, 0.3) is 11.5 Å². The molecule has 1 atom stereocenters. The summed E-state index contributed by atoms with van der Waals surface area (Å²) in [7, 11) is 0. The Labute approximate surface area is 157 Å². The lowest BCUT2D eigenvalue weighted by Gasteiger charge is -2.09. The number of aromatic nitrogens is 2. The number of alkyl halides is 3. The van der Waals surface area contributed by atoms with Crippen molar-refractivity contribution in [1.29, 1.82) is 0 Å². The second kappa shape index (κ2) is 6.99. The Hall–Kier alpha value is -3.36. The van der Waals surface area contributed by atoms with Crippen LogP contribution < -0.4 is 5.32 Å². The van der Waals surface area contributed by atoms with E-state index >= 15 is 0 Å². The van der Waals surface area contributed by atoms with Gasteiger partial charge in [-0.1, -0.05) is 30.3 Å². The molecule has 4 rings (SSSR count). The first-order valence-corrected chi connectivity index (χ1v) is 8.41. The van der Waals surface area contributed by atoms with Crippen LogP contribution in [0.1, 0.15) is 28.6 Å². The van der Waals surface area contributed by atoms with Gasteiger partial charge in [0.1, 0.15) is 12.6 Å². The Morgan fingerprint density at radius 2 is 1.82 bits per heavy atom. The summed E-state index contributed by atoms with van der Waals surface area (Å²) in [5.74, 6) is 0.490. The van der Waals surface area contributed by atoms with Crippen LogP contribution in [0.2, 0.25) is 0 Å². The predicted molar refractivity (Wildman–Crippen MR) is 91.2 cm³/mol. The van der Waals surface area contributed by atoms with Crippen LogP contribution in [0.3, 0.4) is 0 Å². The lowest BCUT2D eigenvalue weighted by atomic mass is 9.99. The molecule has 1 N–H and O–H groups in total. The van der Waals surface area contributed by atoms with Crippen LogP contribution in [0.5, 0.6) is 0 Å². The third-order valence-electron chi connectivity index (χ3n) is 4.34. The van der Waals surface area contributed by atoms with Crippen molar-refractivity contribution in [2.45, 2.75) is 18.6 Å². The summed E-state index contributed by atoms with van der Waals surface area (Å²) in [5.41, 5.74) is 1.53. The van der Waals surface area contributed by atoms with E-state index in [4.69, 9.17) is 9.15 Å². The molecule has 28 heavy (non-hydrogen) atoms. The Kier molecular flexibility index (Phi) is 4.50. The SMILES string of the molecule is O=C1NC(c2nnc(-c3ccccc3Cc3ccc(C(F)(F)F)cc3)o2)CO1. The zero-order valence-electron chi connectivity index (χ0n) is 14.4. The van der Waals surface area contributed by atoms with Crippen molar-refractivity contribution in [3.8, 4) is 11.5 Å². The third-order valence-corrected chi connectivity index (χ3v) is 4.34. The summed E-state index contributed by atoms with van der Waals surface area (Å²) in [4.78, 5) is 11.2. The predicted octanol–water partition coefficient (Wildman–Crippen LogP) is 4.13. The fourth-order valence-electron chi connectivity index (χ4n) is 2.92. The van der Waals surface area contributed by atoms with Crippen LogP contribution >= 0.6 is 0 Å². The van der Waals surface area contributed by atoms with E-state index < -0.39 is 23.9 Å². The molecular formula is C19H14F3N3O3. The number of carbonyl (C=O) groups excluding carboxylic acids is 1. The van der Waals surface area contributed by atoms with E-state index in [1.54, 1.807) is 12.1 Å². The topological polar surface area (TPSA) is 77.3 Å². The first kappa shape index (κ1) is 18.0. The molecule has 0 saturated carbocycles. The van der Waals surface area contributed by atoms with Crippen LogP contribution in [-0.4, -0.2) is 22.9 Å². The molecule has 0 bridgehead atoms. The maximum Gasteiger partial charge on any atom is 0.416 e. The highest BCUT2D eigenvalue weighted by Crippen LogP contribution is 2.30. The number of hydrogen-bond acceptors (Lipinski definition) is 5. The van der Waals surface area contributed by atoms with Crippen LogP contribution in [-0.2, 0) is 17.3 Å². The van der Waals surface area contributed by atoms with Crippen molar-refractivity contribution in [3.05, 3.63) is 71.1 Å². The molecular weight excluding hydrogens is 375 g/mol. The Morgan fingerprint density at radius 3 is 2.50 bits per heavy atom. The summed E-state index contributed by atoms with van der Waals surface area (Å²) >= 11 is 0. The van der Waals surface area contributed by atoms with Crippen LogP contribution in [0.4, 0.5) is 18.0 Å². The summed E-state index contributed by atoms with van der Waals surface area (Å²) in [5, 5.41) is 10.5. The number of alkyl carbamates (subject to hydrolysis) is 1. The quantitative estimate of drug-likeness (QED) is 0.726. The second-order valence-corrected chi connectivity index (χ2v) is 6.27. The largest absolute Gasteiger partial charge is 0.447 e. The van der Waals surface area contributed by atoms with E-state index in [-0.39, 0.29) is 18.4 Å². The molecule has 1 amide bonds. The summed E-state index contributed by atoms with van der Waals surface area (Å²) < 4.78 is 48.7. The van der Waals surface area contributed by atoms with Gasteiger partial charge in [-0.15, -0.1) is 10.2 Å². The molecule has 1 aliphatic heterocycles. The van der Waals surface area contributed by atoms with Crippen molar-refractivity contribution in [1.82, 2.24) is 15.5 Å². The molecule has 6 nitrogen and oxygen atoms in total. The van der Waals surface area contributed by atoms with E-state index in [1.165, 1.54) is 12.1 Å². The zero-order chi connectivity index (χ0) is 19.7. The van der Waals surface area contributed by atoms with Crippen molar-refractivity contribution in [2.75, 3.05) is 6.61 Å². The molecule has 1 unspecified atom stereocenters. The molecule has 144 valence electrons. The molecule has 2 heterocycles. The third kappa shape index (κ3) is 3.68. The number of benzene rings is 2. The minimum absolute atomic E-state index is 0.105. The fourth-order valence-corrected chi connectivity index (χ4v) is 2.92. The van der Waals surface area contributed by atoms with Crippen molar-refractivity contribution >= 4 is 6.09 Å². The number of ether oxygens (including phenoxy) is 1. The van der Waals surface area contributed by atoms with Gasteiger partial charge in [0.05, 0.1) is 5.56 Å². The van der Waals surface area contributed by atoms with Gasteiger partial charge in [-0.3, -0.25) is 0 Å². The summed E-state index contributed by atoms with van der Waals surface area (Å²) in [6, 6.07) is 11.8. The Bertz CT molecular complexity index is 999. The monoisotopic (exact) mass is 389 g/mol. The van der Waals surface area contributed by atoms with Gasteiger partial charge in [-0.05, 0) is 35.7 Å². The number of rotatable bonds is 4. The highest BCUT2D eigenvalue weighted by molar-refractivity contribution is 5.69. The zero-order valence-corrected chi connectivity index (χ0v) is 14.4. The van der Waals surface area contributed by atoms with Crippen molar-refractivity contribution in [3.63, 3.8) is 0 Å². The maximum atomic E-state index is 12.7. The van der Waals surface area contributed by atoms with Gasteiger partial charge < -0.3 is 14.5 Å². The van der Waals surface area contributed by atoms with E-state index in [0.717, 1.165) is 23.3 Å². The highest BCUT2D eigenvalue weighted by Gasteiger charge is 2.30. The molecule has 2 aromatic carbocycles. The van der Waals surface area contributed by atoms with Gasteiger partial charge in [-0.2, -0.15) is 13.2 Å². The molecule has 1 fully saturated rings. The molecule has 0 aliphatic carbocycles.